The van der Waals surface area contributed by atoms with Crippen LogP contribution in [-0.2, 0) is 0 Å². The molecule has 0 aliphatic heterocycles. The lowest BCUT2D eigenvalue weighted by Gasteiger charge is -2.36. The minimum atomic E-state index is -2.16. The number of benzene rings is 1. The molecule has 0 heterocycles. The van der Waals surface area contributed by atoms with E-state index in [0.717, 1.165) is 0 Å². The van der Waals surface area contributed by atoms with Gasteiger partial charge in [-0.2, -0.15) is 5.26 Å². The molecule has 5 nitrogen and oxygen atoms in total. The minimum Gasteiger partial charge on any atom is -0.539 e. The number of nitro groups is 1. The van der Waals surface area contributed by atoms with Gasteiger partial charge in [0.25, 0.3) is 8.32 Å². The number of rotatable bonds is 3. The van der Waals surface area contributed by atoms with Crippen molar-refractivity contribution in [3.05, 3.63) is 33.4 Å². The topological polar surface area (TPSA) is 76.2 Å². The van der Waals surface area contributed by atoms with Crippen molar-refractivity contribution in [2.24, 2.45) is 0 Å². The normalized spacial score (nSPS) is 11.8. The quantitative estimate of drug-likeness (QED) is 0.476. The van der Waals surface area contributed by atoms with Crippen LogP contribution in [0.15, 0.2) is 12.1 Å². The van der Waals surface area contributed by atoms with E-state index in [9.17, 15) is 10.1 Å². The Kier molecular flexibility index (Phi) is 4.25. The van der Waals surface area contributed by atoms with Crippen LogP contribution in [0.25, 0.3) is 0 Å². The molecule has 1 rings (SSSR count). The highest BCUT2D eigenvalue weighted by atomic mass is 28.4. The fourth-order valence-corrected chi connectivity index (χ4v) is 2.55. The van der Waals surface area contributed by atoms with Gasteiger partial charge in [0.1, 0.15) is 0 Å². The maximum atomic E-state index is 11.3. The van der Waals surface area contributed by atoms with E-state index in [-0.39, 0.29) is 16.5 Å². The van der Waals surface area contributed by atoms with Crippen molar-refractivity contribution >= 4 is 14.0 Å². The van der Waals surface area contributed by atoms with Gasteiger partial charge >= 0.3 is 5.69 Å². The molecule has 108 valence electrons. The number of nitriles is 1. The number of nitro benzene ring substituents is 1. The summed E-state index contributed by atoms with van der Waals surface area (Å²) in [5.74, 6) is 0.262. The van der Waals surface area contributed by atoms with Crippen LogP contribution in [0.4, 0.5) is 5.69 Å². The van der Waals surface area contributed by atoms with Crippen LogP contribution in [0, 0.1) is 28.4 Å². The third kappa shape index (κ3) is 2.99. The Bertz CT molecular complexity index is 583. The van der Waals surface area contributed by atoms with E-state index in [1.165, 1.54) is 6.07 Å². The van der Waals surface area contributed by atoms with Crippen molar-refractivity contribution in [1.29, 1.82) is 5.26 Å². The molecule has 0 atom stereocenters. The Hall–Kier alpha value is -1.87. The second-order valence-electron chi connectivity index (χ2n) is 6.32. The Morgan fingerprint density at radius 3 is 2.30 bits per heavy atom. The Morgan fingerprint density at radius 1 is 1.35 bits per heavy atom. The van der Waals surface area contributed by atoms with Gasteiger partial charge < -0.3 is 4.43 Å². The maximum absolute atomic E-state index is 11.3. The molecule has 0 aromatic heterocycles. The molecule has 0 fully saturated rings. The van der Waals surface area contributed by atoms with Gasteiger partial charge in [-0.15, -0.1) is 0 Å². The molecule has 0 N–H and O–H groups in total. The number of hydrogen-bond donors (Lipinski definition) is 0. The molecule has 0 spiro atoms. The largest absolute Gasteiger partial charge is 0.539 e. The Labute approximate surface area is 120 Å². The highest BCUT2D eigenvalue weighted by Crippen LogP contribution is 2.41. The van der Waals surface area contributed by atoms with Crippen molar-refractivity contribution in [1.82, 2.24) is 0 Å². The van der Waals surface area contributed by atoms with Gasteiger partial charge in [-0.3, -0.25) is 10.1 Å². The lowest BCUT2D eigenvalue weighted by molar-refractivity contribution is -0.386. The van der Waals surface area contributed by atoms with Crippen molar-refractivity contribution < 1.29 is 9.35 Å². The second kappa shape index (κ2) is 5.25. The van der Waals surface area contributed by atoms with Gasteiger partial charge in [0.05, 0.1) is 16.6 Å². The summed E-state index contributed by atoms with van der Waals surface area (Å²) in [6.07, 6.45) is 0. The first-order valence-electron chi connectivity index (χ1n) is 6.38. The first-order valence-corrected chi connectivity index (χ1v) is 9.29. The van der Waals surface area contributed by atoms with Crippen LogP contribution in [0.3, 0.4) is 0 Å². The highest BCUT2D eigenvalue weighted by Gasteiger charge is 2.40. The number of hydrogen-bond acceptors (Lipinski definition) is 4. The SMILES string of the molecule is Cc1c(C#N)ccc(O[Si](C)(C)C(C)(C)C)c1[N+](=O)[O-]. The van der Waals surface area contributed by atoms with Crippen LogP contribution >= 0.6 is 0 Å². The van der Waals surface area contributed by atoms with E-state index >= 15 is 0 Å². The molecule has 1 aromatic rings. The predicted molar refractivity (Wildman–Crippen MR) is 80.4 cm³/mol. The van der Waals surface area contributed by atoms with Gasteiger partial charge in [0.2, 0.25) is 0 Å². The average Bonchev–Trinajstić information content (AvgIpc) is 2.26. The van der Waals surface area contributed by atoms with Gasteiger partial charge in [-0.1, -0.05) is 20.8 Å². The van der Waals surface area contributed by atoms with Crippen LogP contribution in [0.1, 0.15) is 31.9 Å². The fourth-order valence-electron chi connectivity index (χ4n) is 1.53. The lowest BCUT2D eigenvalue weighted by Crippen LogP contribution is -2.44. The summed E-state index contributed by atoms with van der Waals surface area (Å²) in [5, 5.41) is 20.2. The van der Waals surface area contributed by atoms with E-state index < -0.39 is 13.2 Å². The van der Waals surface area contributed by atoms with Crippen LogP contribution in [-0.4, -0.2) is 13.2 Å². The van der Waals surface area contributed by atoms with E-state index in [2.05, 4.69) is 20.8 Å². The molecule has 0 amide bonds. The summed E-state index contributed by atoms with van der Waals surface area (Å²) >= 11 is 0. The smallest absolute Gasteiger partial charge is 0.313 e. The third-order valence-corrected chi connectivity index (χ3v) is 8.21. The molecule has 0 saturated heterocycles. The Morgan fingerprint density at radius 2 is 1.90 bits per heavy atom. The summed E-state index contributed by atoms with van der Waals surface area (Å²) in [5.41, 5.74) is 0.557. The maximum Gasteiger partial charge on any atom is 0.313 e. The number of nitrogens with zero attached hydrogens (tertiary/aromatic N) is 2. The standard InChI is InChI=1S/C14H20N2O3Si/c1-10-11(9-15)7-8-12(13(10)16(17)18)19-20(5,6)14(2,3)4/h7-8H,1-6H3. The molecule has 0 radical (unpaired) electrons. The molecular weight excluding hydrogens is 272 g/mol. The molecular formula is C14H20N2O3Si. The molecule has 0 saturated carbocycles. The zero-order valence-electron chi connectivity index (χ0n) is 12.8. The van der Waals surface area contributed by atoms with Gasteiger partial charge in [-0.25, -0.2) is 0 Å². The summed E-state index contributed by atoms with van der Waals surface area (Å²) < 4.78 is 6.03. The van der Waals surface area contributed by atoms with Crippen molar-refractivity contribution in [2.75, 3.05) is 0 Å². The van der Waals surface area contributed by atoms with Crippen LogP contribution < -0.4 is 4.43 Å². The van der Waals surface area contributed by atoms with Crippen molar-refractivity contribution in [3.63, 3.8) is 0 Å². The van der Waals surface area contributed by atoms with Crippen LogP contribution in [0.5, 0.6) is 5.75 Å². The average molecular weight is 292 g/mol. The second-order valence-corrected chi connectivity index (χ2v) is 11.0. The summed E-state index contributed by atoms with van der Waals surface area (Å²) in [6, 6.07) is 5.07. The highest BCUT2D eigenvalue weighted by molar-refractivity contribution is 6.74. The van der Waals surface area contributed by atoms with E-state index in [1.54, 1.807) is 13.0 Å². The third-order valence-electron chi connectivity index (χ3n) is 3.87. The molecule has 0 aliphatic carbocycles. The zero-order chi connectivity index (χ0) is 15.7. The van der Waals surface area contributed by atoms with E-state index in [0.29, 0.717) is 11.1 Å². The molecule has 6 heteroatoms. The fraction of sp³-hybridized carbons (Fsp3) is 0.500. The van der Waals surface area contributed by atoms with Gasteiger partial charge in [0, 0.05) is 5.56 Å². The Balaban J connectivity index is 3.38. The summed E-state index contributed by atoms with van der Waals surface area (Å²) in [7, 11) is -2.16. The minimum absolute atomic E-state index is 0.0529. The summed E-state index contributed by atoms with van der Waals surface area (Å²) in [6.45, 7) is 11.9. The molecule has 20 heavy (non-hydrogen) atoms. The molecule has 0 bridgehead atoms. The molecule has 1 aromatic carbocycles. The van der Waals surface area contributed by atoms with Crippen LogP contribution in [0.2, 0.25) is 18.1 Å². The van der Waals surface area contributed by atoms with Crippen molar-refractivity contribution in [3.8, 4) is 11.8 Å². The first kappa shape index (κ1) is 16.2. The molecule has 0 unspecified atom stereocenters. The summed E-state index contributed by atoms with van der Waals surface area (Å²) in [4.78, 5) is 10.8. The predicted octanol–water partition coefficient (Wildman–Crippen LogP) is 4.16. The molecule has 0 aliphatic rings. The lowest BCUT2D eigenvalue weighted by atomic mass is 10.1. The van der Waals surface area contributed by atoms with E-state index in [1.807, 2.05) is 19.2 Å². The van der Waals surface area contributed by atoms with Crippen molar-refractivity contribution in [2.45, 2.75) is 45.8 Å². The van der Waals surface area contributed by atoms with Gasteiger partial charge in [-0.05, 0) is 37.2 Å². The zero-order valence-corrected chi connectivity index (χ0v) is 13.8. The van der Waals surface area contributed by atoms with Gasteiger partial charge in [0.15, 0.2) is 5.75 Å². The first-order chi connectivity index (χ1) is 9.01. The monoisotopic (exact) mass is 292 g/mol. The van der Waals surface area contributed by atoms with E-state index in [4.69, 9.17) is 9.69 Å².